The first kappa shape index (κ1) is 14.5. The molecular weight excluding hydrogens is 270 g/mol. The molecule has 0 spiro atoms. The lowest BCUT2D eigenvalue weighted by Gasteiger charge is -2.32. The zero-order valence-corrected chi connectivity index (χ0v) is 12.5. The largest absolute Gasteiger partial charge is 0.491 e. The number of hydrogen-bond acceptors (Lipinski definition) is 5. The molecule has 1 aromatic carbocycles. The molecule has 0 saturated carbocycles. The van der Waals surface area contributed by atoms with Crippen molar-refractivity contribution in [3.63, 3.8) is 0 Å². The van der Waals surface area contributed by atoms with Gasteiger partial charge in [0.2, 0.25) is 6.79 Å². The van der Waals surface area contributed by atoms with E-state index in [0.29, 0.717) is 24.7 Å². The molecule has 3 rings (SSSR count). The third-order valence-electron chi connectivity index (χ3n) is 4.00. The molecule has 0 bridgehead atoms. The van der Waals surface area contributed by atoms with Crippen LogP contribution in [-0.2, 0) is 0 Å². The summed E-state index contributed by atoms with van der Waals surface area (Å²) in [6.45, 7) is 5.64. The number of β-amino-alcohol motifs (C(OH)–C–C–N with tert-alkyl or cyclic N) is 1. The molecule has 1 saturated heterocycles. The summed E-state index contributed by atoms with van der Waals surface area (Å²) < 4.78 is 16.2. The Balaban J connectivity index is 1.46. The summed E-state index contributed by atoms with van der Waals surface area (Å²) in [5.74, 6) is 2.86. The van der Waals surface area contributed by atoms with Crippen molar-refractivity contribution in [3.05, 3.63) is 18.2 Å². The van der Waals surface area contributed by atoms with Crippen LogP contribution >= 0.6 is 0 Å². The molecule has 0 aliphatic carbocycles. The molecule has 5 nitrogen and oxygen atoms in total. The summed E-state index contributed by atoms with van der Waals surface area (Å²) in [6, 6.07) is 5.47. The summed E-state index contributed by atoms with van der Waals surface area (Å²) >= 11 is 0. The van der Waals surface area contributed by atoms with Crippen LogP contribution in [0.5, 0.6) is 17.2 Å². The van der Waals surface area contributed by atoms with Gasteiger partial charge < -0.3 is 24.2 Å². The van der Waals surface area contributed by atoms with Crippen molar-refractivity contribution in [1.82, 2.24) is 4.90 Å². The fourth-order valence-electron chi connectivity index (χ4n) is 2.96. The second-order valence-electron chi connectivity index (χ2n) is 5.99. The van der Waals surface area contributed by atoms with Gasteiger partial charge in [0.15, 0.2) is 11.5 Å². The van der Waals surface area contributed by atoms with Gasteiger partial charge in [-0.2, -0.15) is 0 Å². The summed E-state index contributed by atoms with van der Waals surface area (Å²) in [5.41, 5.74) is 0. The number of ether oxygens (including phenoxy) is 3. The van der Waals surface area contributed by atoms with Crippen LogP contribution < -0.4 is 14.2 Å². The Bertz CT molecular complexity index is 479. The minimum Gasteiger partial charge on any atom is -0.491 e. The maximum absolute atomic E-state index is 10.1. The van der Waals surface area contributed by atoms with E-state index >= 15 is 0 Å². The summed E-state index contributed by atoms with van der Waals surface area (Å²) in [5, 5.41) is 10.1. The maximum Gasteiger partial charge on any atom is 0.231 e. The smallest absolute Gasteiger partial charge is 0.231 e. The SMILES string of the molecule is C[C@H]1CCCN(C[C@@H](O)COc2ccc3c(c2)OCO3)C1. The molecule has 2 atom stereocenters. The fraction of sp³-hybridized carbons (Fsp3) is 0.625. The fourth-order valence-corrected chi connectivity index (χ4v) is 2.96. The topological polar surface area (TPSA) is 51.2 Å². The number of benzene rings is 1. The van der Waals surface area contributed by atoms with Gasteiger partial charge in [0.05, 0.1) is 0 Å². The lowest BCUT2D eigenvalue weighted by Crippen LogP contribution is -2.41. The second kappa shape index (κ2) is 6.54. The Morgan fingerprint density at radius 1 is 1.38 bits per heavy atom. The van der Waals surface area contributed by atoms with Gasteiger partial charge in [-0.3, -0.25) is 0 Å². The van der Waals surface area contributed by atoms with Crippen LogP contribution in [0.15, 0.2) is 18.2 Å². The number of hydrogen-bond donors (Lipinski definition) is 1. The van der Waals surface area contributed by atoms with Gasteiger partial charge in [0.1, 0.15) is 18.5 Å². The summed E-state index contributed by atoms with van der Waals surface area (Å²) in [4.78, 5) is 2.32. The number of fused-ring (bicyclic) bond motifs is 1. The van der Waals surface area contributed by atoms with Crippen LogP contribution in [0.1, 0.15) is 19.8 Å². The van der Waals surface area contributed by atoms with E-state index in [1.54, 1.807) is 6.07 Å². The molecule has 0 aromatic heterocycles. The molecular formula is C16H23NO4. The Hall–Kier alpha value is -1.46. The monoisotopic (exact) mass is 293 g/mol. The number of aliphatic hydroxyl groups excluding tert-OH is 1. The Kier molecular flexibility index (Phi) is 4.51. The van der Waals surface area contributed by atoms with Crippen molar-refractivity contribution >= 4 is 0 Å². The molecule has 1 aromatic rings. The first-order chi connectivity index (χ1) is 10.2. The van der Waals surface area contributed by atoms with Crippen molar-refractivity contribution < 1.29 is 19.3 Å². The van der Waals surface area contributed by atoms with Crippen LogP contribution in [0.3, 0.4) is 0 Å². The van der Waals surface area contributed by atoms with Crippen molar-refractivity contribution in [2.75, 3.05) is 33.0 Å². The van der Waals surface area contributed by atoms with E-state index in [1.165, 1.54) is 12.8 Å². The highest BCUT2D eigenvalue weighted by molar-refractivity contribution is 5.46. The second-order valence-corrected chi connectivity index (χ2v) is 5.99. The first-order valence-electron chi connectivity index (χ1n) is 7.63. The van der Waals surface area contributed by atoms with Crippen LogP contribution in [0.2, 0.25) is 0 Å². The first-order valence-corrected chi connectivity index (χ1v) is 7.63. The van der Waals surface area contributed by atoms with E-state index in [4.69, 9.17) is 14.2 Å². The number of likely N-dealkylation sites (tertiary alicyclic amines) is 1. The average Bonchev–Trinajstić information content (AvgIpc) is 2.92. The third kappa shape index (κ3) is 3.80. The zero-order chi connectivity index (χ0) is 14.7. The van der Waals surface area contributed by atoms with Crippen LogP contribution in [0.4, 0.5) is 0 Å². The van der Waals surface area contributed by atoms with E-state index < -0.39 is 6.10 Å². The standard InChI is InChI=1S/C16H23NO4/c1-12-3-2-6-17(8-12)9-13(18)10-19-14-4-5-15-16(7-14)21-11-20-15/h4-5,7,12-13,18H,2-3,6,8-11H2,1H3/t12-,13+/m0/s1. The van der Waals surface area contributed by atoms with Gasteiger partial charge in [-0.15, -0.1) is 0 Å². The number of aliphatic hydroxyl groups is 1. The molecule has 2 heterocycles. The highest BCUT2D eigenvalue weighted by atomic mass is 16.7. The molecule has 0 unspecified atom stereocenters. The highest BCUT2D eigenvalue weighted by Gasteiger charge is 2.19. The molecule has 1 fully saturated rings. The minimum atomic E-state index is -0.472. The van der Waals surface area contributed by atoms with Crippen molar-refractivity contribution in [2.45, 2.75) is 25.9 Å². The lowest BCUT2D eigenvalue weighted by atomic mass is 10.0. The maximum atomic E-state index is 10.1. The third-order valence-corrected chi connectivity index (χ3v) is 4.00. The molecule has 0 radical (unpaired) electrons. The number of nitrogens with zero attached hydrogens (tertiary/aromatic N) is 1. The van der Waals surface area contributed by atoms with Gasteiger partial charge in [0.25, 0.3) is 0 Å². The van der Waals surface area contributed by atoms with Gasteiger partial charge in [0, 0.05) is 19.2 Å². The van der Waals surface area contributed by atoms with E-state index in [9.17, 15) is 5.11 Å². The molecule has 5 heteroatoms. The predicted octanol–water partition coefficient (Wildman–Crippen LogP) is 1.89. The molecule has 2 aliphatic heterocycles. The Morgan fingerprint density at radius 2 is 2.24 bits per heavy atom. The van der Waals surface area contributed by atoms with E-state index in [2.05, 4.69) is 11.8 Å². The lowest BCUT2D eigenvalue weighted by molar-refractivity contribution is 0.0536. The predicted molar refractivity (Wildman–Crippen MR) is 78.9 cm³/mol. The van der Waals surface area contributed by atoms with E-state index in [1.807, 2.05) is 12.1 Å². The van der Waals surface area contributed by atoms with Gasteiger partial charge in [-0.1, -0.05) is 6.92 Å². The minimum absolute atomic E-state index is 0.258. The molecule has 116 valence electrons. The van der Waals surface area contributed by atoms with E-state index in [0.717, 1.165) is 24.8 Å². The van der Waals surface area contributed by atoms with E-state index in [-0.39, 0.29) is 6.79 Å². The molecule has 2 aliphatic rings. The quantitative estimate of drug-likeness (QED) is 0.898. The van der Waals surface area contributed by atoms with Crippen molar-refractivity contribution in [2.24, 2.45) is 5.92 Å². The zero-order valence-electron chi connectivity index (χ0n) is 12.5. The molecule has 21 heavy (non-hydrogen) atoms. The summed E-state index contributed by atoms with van der Waals surface area (Å²) in [6.07, 6.45) is 2.04. The molecule has 1 N–H and O–H groups in total. The summed E-state index contributed by atoms with van der Waals surface area (Å²) in [7, 11) is 0. The van der Waals surface area contributed by atoms with Gasteiger partial charge >= 0.3 is 0 Å². The number of rotatable bonds is 5. The Morgan fingerprint density at radius 3 is 3.10 bits per heavy atom. The van der Waals surface area contributed by atoms with Crippen molar-refractivity contribution in [1.29, 1.82) is 0 Å². The van der Waals surface area contributed by atoms with Crippen LogP contribution in [-0.4, -0.2) is 49.1 Å². The molecule has 0 amide bonds. The number of piperidine rings is 1. The van der Waals surface area contributed by atoms with Crippen molar-refractivity contribution in [3.8, 4) is 17.2 Å². The highest BCUT2D eigenvalue weighted by Crippen LogP contribution is 2.35. The van der Waals surface area contributed by atoms with Crippen LogP contribution in [0.25, 0.3) is 0 Å². The normalized spacial score (nSPS) is 23.0. The van der Waals surface area contributed by atoms with Crippen LogP contribution in [0, 0.1) is 5.92 Å². The average molecular weight is 293 g/mol. The van der Waals surface area contributed by atoms with Gasteiger partial charge in [-0.25, -0.2) is 0 Å². The van der Waals surface area contributed by atoms with Gasteiger partial charge in [-0.05, 0) is 37.4 Å². The Labute approximate surface area is 125 Å².